The van der Waals surface area contributed by atoms with Crippen molar-refractivity contribution in [1.82, 2.24) is 0 Å². The zero-order valence-corrected chi connectivity index (χ0v) is 9.87. The van der Waals surface area contributed by atoms with Gasteiger partial charge in [-0.25, -0.2) is 0 Å². The van der Waals surface area contributed by atoms with E-state index in [-0.39, 0.29) is 0 Å². The first kappa shape index (κ1) is 11.0. The molecule has 3 rings (SSSR count). The summed E-state index contributed by atoms with van der Waals surface area (Å²) in [6, 6.07) is 19.7. The molecule has 1 aliphatic heterocycles. The lowest BCUT2D eigenvalue weighted by Crippen LogP contribution is -2.28. The second-order valence-corrected chi connectivity index (χ2v) is 4.21. The third kappa shape index (κ3) is 1.68. The quantitative estimate of drug-likeness (QED) is 0.746. The highest BCUT2D eigenvalue weighted by Crippen LogP contribution is 2.40. The van der Waals surface area contributed by atoms with Crippen molar-refractivity contribution in [2.75, 3.05) is 6.61 Å². The van der Waals surface area contributed by atoms with Gasteiger partial charge in [-0.3, -0.25) is 0 Å². The molecule has 0 amide bonds. The molecule has 0 unspecified atom stereocenters. The molecule has 2 aromatic rings. The van der Waals surface area contributed by atoms with Gasteiger partial charge in [0.25, 0.3) is 12.4 Å². The first-order valence-corrected chi connectivity index (χ1v) is 5.86. The molecule has 0 spiro atoms. The Labute approximate surface area is 106 Å². The van der Waals surface area contributed by atoms with Crippen molar-refractivity contribution >= 4 is 0 Å². The fraction of sp³-hybridized carbons (Fsp3) is 0.125. The number of ether oxygens (including phenoxy) is 2. The van der Waals surface area contributed by atoms with Crippen LogP contribution in [0.4, 0.5) is 0 Å². The molecule has 1 fully saturated rings. The molecule has 0 aromatic heterocycles. The number of benzene rings is 2. The van der Waals surface area contributed by atoms with Crippen molar-refractivity contribution in [1.29, 1.82) is 0 Å². The van der Waals surface area contributed by atoms with Gasteiger partial charge in [-0.2, -0.15) is 0 Å². The van der Waals surface area contributed by atoms with Crippen LogP contribution in [0.2, 0.25) is 0 Å². The Bertz CT molecular complexity index is 506. The van der Waals surface area contributed by atoms with E-state index in [4.69, 9.17) is 16.1 Å². The van der Waals surface area contributed by atoms with Gasteiger partial charge in [-0.05, 0) is 0 Å². The summed E-state index contributed by atoms with van der Waals surface area (Å²) in [6.45, 7) is 6.06. The topological polar surface area (TPSA) is 18.5 Å². The first-order chi connectivity index (χ1) is 8.81. The Morgan fingerprint density at radius 2 is 1.33 bits per heavy atom. The monoisotopic (exact) mass is 237 g/mol. The van der Waals surface area contributed by atoms with Gasteiger partial charge in [-0.15, -0.1) is 0 Å². The van der Waals surface area contributed by atoms with Crippen LogP contribution < -0.4 is 0 Å². The zero-order valence-electron chi connectivity index (χ0n) is 9.87. The normalized spacial score (nSPS) is 17.4. The van der Waals surface area contributed by atoms with E-state index in [1.165, 1.54) is 0 Å². The molecule has 0 bridgehead atoms. The van der Waals surface area contributed by atoms with E-state index in [0.717, 1.165) is 11.1 Å². The summed E-state index contributed by atoms with van der Waals surface area (Å²) in [5.74, 6) is -0.505. The van der Waals surface area contributed by atoms with Crippen molar-refractivity contribution in [2.24, 2.45) is 0 Å². The molecule has 0 saturated carbocycles. The minimum absolute atomic E-state index is 0.309. The summed E-state index contributed by atoms with van der Waals surface area (Å²) in [4.78, 5) is 0. The Morgan fingerprint density at radius 1 is 0.833 bits per heavy atom. The average Bonchev–Trinajstić information content (AvgIpc) is 2.84. The predicted octanol–water partition coefficient (Wildman–Crippen LogP) is 3.25. The highest BCUT2D eigenvalue weighted by molar-refractivity contribution is 5.35. The SMILES string of the molecule is [CH+]=C1COC(c2ccccc2)(c2ccccc2)O1. The smallest absolute Gasteiger partial charge is 0.366 e. The van der Waals surface area contributed by atoms with E-state index in [9.17, 15) is 0 Å². The molecular formula is C16H13O2+. The Hall–Kier alpha value is -2.15. The third-order valence-electron chi connectivity index (χ3n) is 3.00. The first-order valence-electron chi connectivity index (χ1n) is 5.86. The maximum atomic E-state index is 5.84. The molecule has 1 saturated heterocycles. The number of rotatable bonds is 2. The van der Waals surface area contributed by atoms with Crippen LogP contribution in [-0.4, -0.2) is 6.61 Å². The maximum absolute atomic E-state index is 5.84. The Morgan fingerprint density at radius 3 is 1.72 bits per heavy atom. The molecule has 2 nitrogen and oxygen atoms in total. The van der Waals surface area contributed by atoms with Crippen LogP contribution in [0, 0.1) is 6.58 Å². The van der Waals surface area contributed by atoms with Crippen molar-refractivity contribution < 1.29 is 9.47 Å². The second kappa shape index (κ2) is 4.26. The molecule has 0 N–H and O–H groups in total. The van der Waals surface area contributed by atoms with Crippen LogP contribution in [0.25, 0.3) is 0 Å². The van der Waals surface area contributed by atoms with E-state index < -0.39 is 5.79 Å². The van der Waals surface area contributed by atoms with E-state index >= 15 is 0 Å². The molecule has 0 radical (unpaired) electrons. The molecule has 88 valence electrons. The fourth-order valence-electron chi connectivity index (χ4n) is 2.18. The van der Waals surface area contributed by atoms with Crippen LogP contribution in [-0.2, 0) is 15.3 Å². The minimum atomic E-state index is -0.910. The van der Waals surface area contributed by atoms with E-state index in [2.05, 4.69) is 0 Å². The summed E-state index contributed by atoms with van der Waals surface area (Å²) < 4.78 is 11.6. The molecule has 1 aliphatic rings. The lowest BCUT2D eigenvalue weighted by atomic mass is 9.97. The lowest BCUT2D eigenvalue weighted by molar-refractivity contribution is -0.120. The Balaban J connectivity index is 2.14. The molecule has 18 heavy (non-hydrogen) atoms. The molecule has 0 atom stereocenters. The second-order valence-electron chi connectivity index (χ2n) is 4.21. The van der Waals surface area contributed by atoms with E-state index in [0.29, 0.717) is 12.4 Å². The summed E-state index contributed by atoms with van der Waals surface area (Å²) in [6.07, 6.45) is 0. The van der Waals surface area contributed by atoms with Gasteiger partial charge in [0.05, 0.1) is 0 Å². The van der Waals surface area contributed by atoms with E-state index in [1.54, 1.807) is 0 Å². The fourth-order valence-corrected chi connectivity index (χ4v) is 2.18. The van der Waals surface area contributed by atoms with Gasteiger partial charge in [0.15, 0.2) is 6.61 Å². The van der Waals surface area contributed by atoms with Crippen LogP contribution in [0.15, 0.2) is 66.4 Å². The average molecular weight is 237 g/mol. The van der Waals surface area contributed by atoms with Crippen molar-refractivity contribution in [3.63, 3.8) is 0 Å². The number of hydrogen-bond donors (Lipinski definition) is 0. The van der Waals surface area contributed by atoms with Gasteiger partial charge in [-0.1, -0.05) is 60.7 Å². The van der Waals surface area contributed by atoms with Gasteiger partial charge in [0.1, 0.15) is 0 Å². The third-order valence-corrected chi connectivity index (χ3v) is 3.00. The van der Waals surface area contributed by atoms with Crippen LogP contribution in [0.1, 0.15) is 11.1 Å². The van der Waals surface area contributed by atoms with Crippen molar-refractivity contribution in [3.05, 3.63) is 84.1 Å². The molecule has 0 aliphatic carbocycles. The molecule has 1 heterocycles. The zero-order chi connectivity index (χ0) is 12.4. The largest absolute Gasteiger partial charge is 0.413 e. The van der Waals surface area contributed by atoms with Gasteiger partial charge in [0, 0.05) is 11.1 Å². The highest BCUT2D eigenvalue weighted by atomic mass is 16.7. The molecular weight excluding hydrogens is 224 g/mol. The van der Waals surface area contributed by atoms with Crippen LogP contribution in [0.3, 0.4) is 0 Å². The van der Waals surface area contributed by atoms with Crippen molar-refractivity contribution in [3.8, 4) is 0 Å². The van der Waals surface area contributed by atoms with Gasteiger partial charge >= 0.3 is 5.76 Å². The molecule has 2 heteroatoms. The van der Waals surface area contributed by atoms with Gasteiger partial charge in [0.2, 0.25) is 0 Å². The number of hydrogen-bond acceptors (Lipinski definition) is 2. The summed E-state index contributed by atoms with van der Waals surface area (Å²) >= 11 is 0. The van der Waals surface area contributed by atoms with E-state index in [1.807, 2.05) is 60.7 Å². The Kier molecular flexibility index (Phi) is 2.60. The van der Waals surface area contributed by atoms with Crippen LogP contribution in [0.5, 0.6) is 0 Å². The van der Waals surface area contributed by atoms with Crippen molar-refractivity contribution in [2.45, 2.75) is 5.79 Å². The molecule has 2 aromatic carbocycles. The standard InChI is InChI=1S/C16H13O2/c1-13-12-17-16(18-13,14-8-4-2-5-9-14)15-10-6-3-7-11-15/h1-11H,12H2/q+1. The predicted molar refractivity (Wildman–Crippen MR) is 68.5 cm³/mol. The summed E-state index contributed by atoms with van der Waals surface area (Å²) in [5, 5.41) is 0. The summed E-state index contributed by atoms with van der Waals surface area (Å²) in [5.41, 5.74) is 1.88. The minimum Gasteiger partial charge on any atom is -0.413 e. The lowest BCUT2D eigenvalue weighted by Gasteiger charge is -2.26. The van der Waals surface area contributed by atoms with Gasteiger partial charge < -0.3 is 9.47 Å². The van der Waals surface area contributed by atoms with Crippen LogP contribution >= 0.6 is 0 Å². The maximum Gasteiger partial charge on any atom is 0.366 e. The highest BCUT2D eigenvalue weighted by Gasteiger charge is 2.46. The summed E-state index contributed by atoms with van der Waals surface area (Å²) in [7, 11) is 0.